The van der Waals surface area contributed by atoms with Crippen molar-refractivity contribution in [2.75, 3.05) is 13.2 Å². The number of fused-ring (bicyclic) bond motifs is 1. The van der Waals surface area contributed by atoms with Crippen LogP contribution in [-0.2, 0) is 9.53 Å². The van der Waals surface area contributed by atoms with Gasteiger partial charge in [-0.15, -0.1) is 0 Å². The molecule has 1 aliphatic heterocycles. The van der Waals surface area contributed by atoms with Gasteiger partial charge in [-0.25, -0.2) is 9.37 Å². The van der Waals surface area contributed by atoms with E-state index in [0.717, 1.165) is 6.07 Å². The number of aliphatic carboxylic acids is 1. The molecule has 0 saturated carbocycles. The predicted molar refractivity (Wildman–Crippen MR) is 73.9 cm³/mol. The van der Waals surface area contributed by atoms with Gasteiger partial charge in [0.05, 0.1) is 36.0 Å². The molecule has 0 aliphatic carbocycles. The van der Waals surface area contributed by atoms with Crippen LogP contribution in [0.3, 0.4) is 0 Å². The van der Waals surface area contributed by atoms with Gasteiger partial charge in [-0.1, -0.05) is 0 Å². The van der Waals surface area contributed by atoms with Gasteiger partial charge in [-0.3, -0.25) is 9.59 Å². The SMILES string of the molecule is O=C(O)CC1(NC(=O)c2cc(F)cc3[nH]cnc23)CCOC1. The molecule has 3 N–H and O–H groups in total. The summed E-state index contributed by atoms with van der Waals surface area (Å²) in [4.78, 5) is 30.2. The summed E-state index contributed by atoms with van der Waals surface area (Å²) in [5.74, 6) is -2.17. The minimum Gasteiger partial charge on any atom is -0.481 e. The number of benzene rings is 1. The quantitative estimate of drug-likeness (QED) is 0.783. The van der Waals surface area contributed by atoms with Crippen molar-refractivity contribution in [2.45, 2.75) is 18.4 Å². The topological polar surface area (TPSA) is 104 Å². The zero-order chi connectivity index (χ0) is 15.7. The Morgan fingerprint density at radius 1 is 1.50 bits per heavy atom. The average molecular weight is 307 g/mol. The summed E-state index contributed by atoms with van der Waals surface area (Å²) >= 11 is 0. The molecule has 1 amide bonds. The summed E-state index contributed by atoms with van der Waals surface area (Å²) in [6.45, 7) is 0.485. The monoisotopic (exact) mass is 307 g/mol. The van der Waals surface area contributed by atoms with Crippen molar-refractivity contribution in [3.05, 3.63) is 29.8 Å². The normalized spacial score (nSPS) is 21.1. The molecular formula is C14H14FN3O4. The minimum absolute atomic E-state index is 0.0629. The smallest absolute Gasteiger partial charge is 0.305 e. The Hall–Kier alpha value is -2.48. The number of carbonyl (C=O) groups excluding carboxylic acids is 1. The Balaban J connectivity index is 1.92. The van der Waals surface area contributed by atoms with Crippen molar-refractivity contribution in [3.63, 3.8) is 0 Å². The van der Waals surface area contributed by atoms with Crippen LogP contribution in [0.15, 0.2) is 18.5 Å². The molecule has 116 valence electrons. The standard InChI is InChI=1S/C14H14FN3O4/c15-8-3-9(12-10(4-8)16-7-17-12)13(21)18-14(5-11(19)20)1-2-22-6-14/h3-4,7H,1-2,5-6H2,(H,16,17)(H,18,21)(H,19,20). The van der Waals surface area contributed by atoms with E-state index in [1.54, 1.807) is 0 Å². The largest absolute Gasteiger partial charge is 0.481 e. The van der Waals surface area contributed by atoms with E-state index < -0.39 is 23.2 Å². The number of ether oxygens (including phenoxy) is 1. The molecule has 3 rings (SSSR count). The molecule has 0 bridgehead atoms. The van der Waals surface area contributed by atoms with Gasteiger partial charge < -0.3 is 20.1 Å². The predicted octanol–water partition coefficient (Wildman–Crippen LogP) is 1.07. The van der Waals surface area contributed by atoms with E-state index >= 15 is 0 Å². The van der Waals surface area contributed by atoms with Gasteiger partial charge in [-0.2, -0.15) is 0 Å². The van der Waals surface area contributed by atoms with E-state index in [1.165, 1.54) is 12.4 Å². The fraction of sp³-hybridized carbons (Fsp3) is 0.357. The highest BCUT2D eigenvalue weighted by Crippen LogP contribution is 2.25. The number of H-pyrrole nitrogens is 1. The molecule has 0 spiro atoms. The third-order valence-electron chi connectivity index (χ3n) is 3.70. The summed E-state index contributed by atoms with van der Waals surface area (Å²) < 4.78 is 18.8. The van der Waals surface area contributed by atoms with E-state index in [4.69, 9.17) is 9.84 Å². The number of carboxylic acids is 1. The lowest BCUT2D eigenvalue weighted by Gasteiger charge is -2.27. The Morgan fingerprint density at radius 3 is 3.00 bits per heavy atom. The number of aromatic nitrogens is 2. The number of imidazole rings is 1. The van der Waals surface area contributed by atoms with Crippen LogP contribution < -0.4 is 5.32 Å². The molecular weight excluding hydrogens is 293 g/mol. The van der Waals surface area contributed by atoms with Crippen molar-refractivity contribution in [3.8, 4) is 0 Å². The van der Waals surface area contributed by atoms with Crippen LogP contribution in [-0.4, -0.2) is 45.7 Å². The zero-order valence-corrected chi connectivity index (χ0v) is 11.6. The fourth-order valence-electron chi connectivity index (χ4n) is 2.67. The third-order valence-corrected chi connectivity index (χ3v) is 3.70. The number of aromatic amines is 1. The van der Waals surface area contributed by atoms with Gasteiger partial charge in [0.15, 0.2) is 0 Å². The van der Waals surface area contributed by atoms with Crippen molar-refractivity contribution in [2.24, 2.45) is 0 Å². The molecule has 8 heteroatoms. The van der Waals surface area contributed by atoms with E-state index in [1.807, 2.05) is 0 Å². The van der Waals surface area contributed by atoms with E-state index in [-0.39, 0.29) is 18.6 Å². The van der Waals surface area contributed by atoms with Gasteiger partial charge in [-0.05, 0) is 18.6 Å². The Kier molecular flexibility index (Phi) is 3.53. The number of rotatable bonds is 4. The summed E-state index contributed by atoms with van der Waals surface area (Å²) in [6.07, 6.45) is 1.51. The number of amides is 1. The maximum Gasteiger partial charge on any atom is 0.305 e. The number of hydrogen-bond acceptors (Lipinski definition) is 4. The van der Waals surface area contributed by atoms with Crippen LogP contribution in [0, 0.1) is 5.82 Å². The zero-order valence-electron chi connectivity index (χ0n) is 11.6. The van der Waals surface area contributed by atoms with Crippen LogP contribution >= 0.6 is 0 Å². The van der Waals surface area contributed by atoms with Crippen LogP contribution in [0.2, 0.25) is 0 Å². The van der Waals surface area contributed by atoms with Crippen LogP contribution in [0.5, 0.6) is 0 Å². The minimum atomic E-state index is -1.03. The third kappa shape index (κ3) is 2.64. The number of nitrogens with zero attached hydrogens (tertiary/aromatic N) is 1. The first kappa shape index (κ1) is 14.5. The van der Waals surface area contributed by atoms with Crippen LogP contribution in [0.1, 0.15) is 23.2 Å². The molecule has 1 saturated heterocycles. The second-order valence-corrected chi connectivity index (χ2v) is 5.36. The maximum absolute atomic E-state index is 13.6. The lowest BCUT2D eigenvalue weighted by Crippen LogP contribution is -2.50. The number of carbonyl (C=O) groups is 2. The molecule has 7 nitrogen and oxygen atoms in total. The summed E-state index contributed by atoms with van der Waals surface area (Å²) in [5.41, 5.74) is -0.172. The van der Waals surface area contributed by atoms with Gasteiger partial charge >= 0.3 is 5.97 Å². The number of hydrogen-bond donors (Lipinski definition) is 3. The number of carboxylic acid groups (broad SMARTS) is 1. The molecule has 1 aliphatic rings. The second-order valence-electron chi connectivity index (χ2n) is 5.36. The van der Waals surface area contributed by atoms with E-state index in [2.05, 4.69) is 15.3 Å². The first-order valence-electron chi connectivity index (χ1n) is 6.74. The lowest BCUT2D eigenvalue weighted by molar-refractivity contribution is -0.138. The number of halogens is 1. The average Bonchev–Trinajstić information content (AvgIpc) is 3.06. The number of nitrogens with one attached hydrogen (secondary N) is 2. The van der Waals surface area contributed by atoms with Gasteiger partial charge in [0.1, 0.15) is 11.3 Å². The Morgan fingerprint density at radius 2 is 2.32 bits per heavy atom. The van der Waals surface area contributed by atoms with Crippen molar-refractivity contribution in [1.82, 2.24) is 15.3 Å². The molecule has 1 aromatic heterocycles. The first-order valence-corrected chi connectivity index (χ1v) is 6.74. The molecule has 22 heavy (non-hydrogen) atoms. The van der Waals surface area contributed by atoms with Gasteiger partial charge in [0.2, 0.25) is 0 Å². The summed E-state index contributed by atoms with van der Waals surface area (Å²) in [7, 11) is 0. The highest BCUT2D eigenvalue weighted by molar-refractivity contribution is 6.05. The summed E-state index contributed by atoms with van der Waals surface area (Å²) in [6, 6.07) is 2.33. The Bertz CT molecular complexity index is 737. The van der Waals surface area contributed by atoms with E-state index in [9.17, 15) is 14.0 Å². The molecule has 1 unspecified atom stereocenters. The summed E-state index contributed by atoms with van der Waals surface area (Å²) in [5, 5.41) is 11.7. The van der Waals surface area contributed by atoms with Crippen molar-refractivity contribution in [1.29, 1.82) is 0 Å². The second kappa shape index (κ2) is 5.38. The Labute approximate surface area is 124 Å². The lowest BCUT2D eigenvalue weighted by atomic mass is 9.93. The molecule has 1 atom stereocenters. The van der Waals surface area contributed by atoms with Crippen LogP contribution in [0.25, 0.3) is 11.0 Å². The fourth-order valence-corrected chi connectivity index (χ4v) is 2.67. The molecule has 2 aromatic rings. The maximum atomic E-state index is 13.6. The molecule has 1 fully saturated rings. The van der Waals surface area contributed by atoms with E-state index in [0.29, 0.717) is 24.1 Å². The molecule has 0 radical (unpaired) electrons. The van der Waals surface area contributed by atoms with Gasteiger partial charge in [0.25, 0.3) is 5.91 Å². The first-order chi connectivity index (χ1) is 10.5. The molecule has 1 aromatic carbocycles. The highest BCUT2D eigenvalue weighted by Gasteiger charge is 2.39. The van der Waals surface area contributed by atoms with Crippen LogP contribution in [0.4, 0.5) is 4.39 Å². The van der Waals surface area contributed by atoms with Gasteiger partial charge in [0, 0.05) is 6.61 Å². The highest BCUT2D eigenvalue weighted by atomic mass is 19.1. The van der Waals surface area contributed by atoms with Crippen molar-refractivity contribution < 1.29 is 23.8 Å². The van der Waals surface area contributed by atoms with Crippen molar-refractivity contribution >= 4 is 22.9 Å². The molecule has 2 heterocycles.